The van der Waals surface area contributed by atoms with E-state index in [2.05, 4.69) is 4.90 Å². The normalized spacial score (nSPS) is 21.3. The first-order chi connectivity index (χ1) is 9.11. The van der Waals surface area contributed by atoms with E-state index in [-0.39, 0.29) is 5.92 Å². The average molecular weight is 263 g/mol. The van der Waals surface area contributed by atoms with E-state index >= 15 is 0 Å². The van der Waals surface area contributed by atoms with Crippen molar-refractivity contribution < 1.29 is 14.6 Å². The molecule has 0 radical (unpaired) electrons. The zero-order valence-electron chi connectivity index (χ0n) is 11.5. The van der Waals surface area contributed by atoms with Crippen molar-refractivity contribution in [3.8, 4) is 5.75 Å². The van der Waals surface area contributed by atoms with Gasteiger partial charge >= 0.3 is 5.97 Å². The third-order valence-corrected chi connectivity index (χ3v) is 3.72. The minimum Gasteiger partial charge on any atom is -0.494 e. The van der Waals surface area contributed by atoms with E-state index in [9.17, 15) is 9.90 Å². The lowest BCUT2D eigenvalue weighted by Crippen LogP contribution is -2.24. The first-order valence-corrected chi connectivity index (χ1v) is 6.76. The van der Waals surface area contributed by atoms with Gasteiger partial charge in [-0.25, -0.2) is 0 Å². The second-order valence-electron chi connectivity index (χ2n) is 5.13. The van der Waals surface area contributed by atoms with Gasteiger partial charge in [-0.2, -0.15) is 0 Å². The Labute approximate surface area is 114 Å². The Morgan fingerprint density at radius 1 is 1.47 bits per heavy atom. The fourth-order valence-electron chi connectivity index (χ4n) is 2.80. The Morgan fingerprint density at radius 3 is 2.63 bits per heavy atom. The van der Waals surface area contributed by atoms with Crippen LogP contribution in [-0.2, 0) is 4.79 Å². The molecule has 1 aromatic carbocycles. The number of rotatable bonds is 5. The van der Waals surface area contributed by atoms with Gasteiger partial charge in [0.1, 0.15) is 5.75 Å². The zero-order valence-corrected chi connectivity index (χ0v) is 11.5. The predicted molar refractivity (Wildman–Crippen MR) is 73.6 cm³/mol. The molecule has 19 heavy (non-hydrogen) atoms. The van der Waals surface area contributed by atoms with Gasteiger partial charge in [0.15, 0.2) is 0 Å². The Hall–Kier alpha value is -1.55. The van der Waals surface area contributed by atoms with Crippen molar-refractivity contribution in [1.29, 1.82) is 0 Å². The largest absolute Gasteiger partial charge is 0.494 e. The van der Waals surface area contributed by atoms with Gasteiger partial charge in [0.05, 0.1) is 12.5 Å². The van der Waals surface area contributed by atoms with Crippen LogP contribution in [0.2, 0.25) is 0 Å². The molecule has 0 bridgehead atoms. The topological polar surface area (TPSA) is 49.8 Å². The van der Waals surface area contributed by atoms with Gasteiger partial charge < -0.3 is 14.7 Å². The molecule has 4 nitrogen and oxygen atoms in total. The highest BCUT2D eigenvalue weighted by molar-refractivity contribution is 5.76. The molecule has 1 aliphatic heterocycles. The number of likely N-dealkylation sites (tertiary alicyclic amines) is 1. The smallest absolute Gasteiger partial charge is 0.311 e. The minimum atomic E-state index is -0.732. The van der Waals surface area contributed by atoms with Crippen molar-refractivity contribution in [2.45, 2.75) is 19.3 Å². The maximum absolute atomic E-state index is 11.6. The quantitative estimate of drug-likeness (QED) is 0.885. The number of ether oxygens (including phenoxy) is 1. The first-order valence-electron chi connectivity index (χ1n) is 6.76. The molecule has 1 fully saturated rings. The number of hydrogen-bond donors (Lipinski definition) is 1. The molecule has 1 heterocycles. The van der Waals surface area contributed by atoms with Gasteiger partial charge in [0.2, 0.25) is 0 Å². The summed E-state index contributed by atoms with van der Waals surface area (Å²) >= 11 is 0. The molecular formula is C15H21NO3. The molecule has 0 aliphatic carbocycles. The van der Waals surface area contributed by atoms with E-state index in [1.165, 1.54) is 0 Å². The van der Waals surface area contributed by atoms with Gasteiger partial charge in [0.25, 0.3) is 0 Å². The van der Waals surface area contributed by atoms with E-state index in [0.717, 1.165) is 30.8 Å². The molecule has 2 atom stereocenters. The van der Waals surface area contributed by atoms with Crippen LogP contribution in [0, 0.1) is 5.92 Å². The molecule has 0 aromatic heterocycles. The van der Waals surface area contributed by atoms with Crippen LogP contribution < -0.4 is 4.74 Å². The molecule has 1 saturated heterocycles. The Bertz CT molecular complexity index is 430. The van der Waals surface area contributed by atoms with Gasteiger partial charge in [-0.15, -0.1) is 0 Å². The van der Waals surface area contributed by atoms with Crippen LogP contribution in [0.25, 0.3) is 0 Å². The lowest BCUT2D eigenvalue weighted by atomic mass is 9.85. The highest BCUT2D eigenvalue weighted by atomic mass is 16.5. The van der Waals surface area contributed by atoms with Crippen molar-refractivity contribution in [1.82, 2.24) is 4.90 Å². The van der Waals surface area contributed by atoms with Crippen LogP contribution in [0.15, 0.2) is 24.3 Å². The standard InChI is InChI=1S/C15H21NO3/c1-3-19-13-6-4-11(5-7-13)14(15(17)18)12-8-9-16(2)10-12/h4-7,12,14H,3,8-10H2,1-2H3,(H,17,18). The fraction of sp³-hybridized carbons (Fsp3) is 0.533. The second-order valence-corrected chi connectivity index (χ2v) is 5.13. The van der Waals surface area contributed by atoms with Crippen LogP contribution in [-0.4, -0.2) is 42.7 Å². The number of benzene rings is 1. The molecular weight excluding hydrogens is 242 g/mol. The summed E-state index contributed by atoms with van der Waals surface area (Å²) in [6, 6.07) is 7.46. The number of carbonyl (C=O) groups is 1. The van der Waals surface area contributed by atoms with Gasteiger partial charge in [-0.1, -0.05) is 12.1 Å². The highest BCUT2D eigenvalue weighted by Gasteiger charge is 2.33. The molecule has 1 aromatic rings. The van der Waals surface area contributed by atoms with Crippen LogP contribution in [0.1, 0.15) is 24.8 Å². The lowest BCUT2D eigenvalue weighted by Gasteiger charge is -2.20. The summed E-state index contributed by atoms with van der Waals surface area (Å²) in [7, 11) is 2.04. The van der Waals surface area contributed by atoms with Crippen LogP contribution in [0.5, 0.6) is 5.75 Å². The molecule has 4 heteroatoms. The number of nitrogens with zero attached hydrogens (tertiary/aromatic N) is 1. The number of aliphatic carboxylic acids is 1. The van der Waals surface area contributed by atoms with E-state index < -0.39 is 11.9 Å². The number of hydrogen-bond acceptors (Lipinski definition) is 3. The summed E-state index contributed by atoms with van der Waals surface area (Å²) in [5.41, 5.74) is 0.872. The molecule has 0 amide bonds. The molecule has 0 spiro atoms. The van der Waals surface area contributed by atoms with Crippen molar-refractivity contribution in [2.24, 2.45) is 5.92 Å². The van der Waals surface area contributed by atoms with E-state index in [1.807, 2.05) is 38.2 Å². The lowest BCUT2D eigenvalue weighted by molar-refractivity contribution is -0.140. The van der Waals surface area contributed by atoms with E-state index in [1.54, 1.807) is 0 Å². The summed E-state index contributed by atoms with van der Waals surface area (Å²) in [4.78, 5) is 13.7. The first kappa shape index (κ1) is 13.9. The van der Waals surface area contributed by atoms with Crippen molar-refractivity contribution in [3.63, 3.8) is 0 Å². The number of carboxylic acid groups (broad SMARTS) is 1. The summed E-state index contributed by atoms with van der Waals surface area (Å²) in [6.07, 6.45) is 0.945. The molecule has 104 valence electrons. The summed E-state index contributed by atoms with van der Waals surface area (Å²) < 4.78 is 5.39. The highest BCUT2D eigenvalue weighted by Crippen LogP contribution is 2.32. The minimum absolute atomic E-state index is 0.195. The zero-order chi connectivity index (χ0) is 13.8. The van der Waals surface area contributed by atoms with Crippen molar-refractivity contribution in [3.05, 3.63) is 29.8 Å². The van der Waals surface area contributed by atoms with Gasteiger partial charge in [-0.05, 0) is 50.6 Å². The van der Waals surface area contributed by atoms with Gasteiger partial charge in [-0.3, -0.25) is 4.79 Å². The maximum Gasteiger partial charge on any atom is 0.311 e. The summed E-state index contributed by atoms with van der Waals surface area (Å²) in [6.45, 7) is 4.38. The Balaban J connectivity index is 2.17. The van der Waals surface area contributed by atoms with Crippen LogP contribution in [0.4, 0.5) is 0 Å². The predicted octanol–water partition coefficient (Wildman–Crippen LogP) is 2.21. The monoisotopic (exact) mass is 263 g/mol. The Morgan fingerprint density at radius 2 is 2.16 bits per heavy atom. The van der Waals surface area contributed by atoms with Crippen LogP contribution in [0.3, 0.4) is 0 Å². The van der Waals surface area contributed by atoms with Gasteiger partial charge in [0, 0.05) is 6.54 Å². The number of carboxylic acids is 1. The molecule has 1 N–H and O–H groups in total. The van der Waals surface area contributed by atoms with Crippen molar-refractivity contribution >= 4 is 5.97 Å². The maximum atomic E-state index is 11.6. The molecule has 2 rings (SSSR count). The SMILES string of the molecule is CCOc1ccc(C(C(=O)O)C2CCN(C)C2)cc1. The van der Waals surface area contributed by atoms with E-state index in [0.29, 0.717) is 6.61 Å². The Kier molecular flexibility index (Phi) is 4.43. The average Bonchev–Trinajstić information content (AvgIpc) is 2.78. The third-order valence-electron chi connectivity index (χ3n) is 3.72. The van der Waals surface area contributed by atoms with Crippen molar-refractivity contribution in [2.75, 3.05) is 26.7 Å². The fourth-order valence-corrected chi connectivity index (χ4v) is 2.80. The summed E-state index contributed by atoms with van der Waals surface area (Å²) in [5.74, 6) is -0.163. The molecule has 0 saturated carbocycles. The summed E-state index contributed by atoms with van der Waals surface area (Å²) in [5, 5.41) is 9.50. The molecule has 1 aliphatic rings. The van der Waals surface area contributed by atoms with E-state index in [4.69, 9.17) is 4.74 Å². The second kappa shape index (κ2) is 6.06. The van der Waals surface area contributed by atoms with Crippen LogP contribution >= 0.6 is 0 Å². The molecule has 2 unspecified atom stereocenters. The third kappa shape index (κ3) is 3.26.